The molecule has 34 nitrogen and oxygen atoms in total. The van der Waals surface area contributed by atoms with Gasteiger partial charge in [-0.25, -0.2) is 0 Å². The first kappa shape index (κ1) is 78.0. The number of carboxylic acid groups (broad SMARTS) is 2. The van der Waals surface area contributed by atoms with Gasteiger partial charge in [0.2, 0.25) is 70.9 Å². The van der Waals surface area contributed by atoms with Gasteiger partial charge in [-0.05, 0) is 102 Å². The molecule has 0 aliphatic carbocycles. The first-order valence-electron chi connectivity index (χ1n) is 29.0. The zero-order valence-electron chi connectivity index (χ0n) is 50.6. The largest absolute Gasteiger partial charge is 0.481 e. The number of hydrogen-bond donors (Lipinski definition) is 19. The number of hydrogen-bond acceptors (Lipinski definition) is 18. The summed E-state index contributed by atoms with van der Waals surface area (Å²) in [6.45, 7) is 5.22. The second kappa shape index (κ2) is 41.9. The molecule has 0 aromatic heterocycles. The monoisotopic (exact) mass is 1260 g/mol. The van der Waals surface area contributed by atoms with Gasteiger partial charge in [-0.15, -0.1) is 0 Å². The van der Waals surface area contributed by atoms with Gasteiger partial charge in [0.15, 0.2) is 5.96 Å². The number of aliphatic hydroxyl groups excluding tert-OH is 1. The number of carbonyl (C=O) groups excluding carboxylic acids is 12. The van der Waals surface area contributed by atoms with Crippen LogP contribution in [0.1, 0.15) is 123 Å². The first-order valence-corrected chi connectivity index (χ1v) is 29.0. The summed E-state index contributed by atoms with van der Waals surface area (Å²) in [7, 11) is 0. The van der Waals surface area contributed by atoms with Crippen molar-refractivity contribution in [2.75, 3.05) is 26.2 Å². The SMILES string of the molecule is CC(=O)N[C@@H](CCC(=O)O)C(=O)N[C@@H](CCCCN)C(=O)N[C@@H](Cc1ccccc1)C(=O)N[C@@H](CC(C)C)C(=O)N[C@@H](CCCCN)C(=O)N[C@@H](CCCN=C(N)N)C(=O)N[C@@H](C)C(=O)N[C@@H](CCC(=O)O)C(=O)N[C@@H](CC(N)=O)C(=O)N[C@@H](CO)C(N)=O. The summed E-state index contributed by atoms with van der Waals surface area (Å²) in [4.78, 5) is 188. The predicted molar refractivity (Wildman–Crippen MR) is 320 cm³/mol. The van der Waals surface area contributed by atoms with Crippen LogP contribution in [0.15, 0.2) is 35.3 Å². The van der Waals surface area contributed by atoms with Gasteiger partial charge in [-0.1, -0.05) is 44.2 Å². The molecule has 12 amide bonds. The minimum atomic E-state index is -1.82. The Morgan fingerprint density at radius 3 is 1.27 bits per heavy atom. The molecule has 0 radical (unpaired) electrons. The fourth-order valence-corrected chi connectivity index (χ4v) is 8.58. The van der Waals surface area contributed by atoms with Crippen molar-refractivity contribution in [3.8, 4) is 0 Å². The van der Waals surface area contributed by atoms with Crippen LogP contribution in [0, 0.1) is 5.92 Å². The molecule has 0 aliphatic rings. The van der Waals surface area contributed by atoms with E-state index in [0.29, 0.717) is 24.8 Å². The lowest BCUT2D eigenvalue weighted by Crippen LogP contribution is -2.60. The lowest BCUT2D eigenvalue weighted by Gasteiger charge is -2.28. The third-order valence-corrected chi connectivity index (χ3v) is 13.2. The van der Waals surface area contributed by atoms with Gasteiger partial charge in [-0.3, -0.25) is 72.1 Å². The number of unbranched alkanes of at least 4 members (excludes halogenated alkanes) is 2. The molecule has 0 fully saturated rings. The van der Waals surface area contributed by atoms with Crippen molar-refractivity contribution < 1.29 is 82.4 Å². The van der Waals surface area contributed by atoms with Gasteiger partial charge in [0.1, 0.15) is 60.4 Å². The molecule has 0 heterocycles. The highest BCUT2D eigenvalue weighted by Gasteiger charge is 2.36. The van der Waals surface area contributed by atoms with E-state index in [0.717, 1.165) is 6.92 Å². The lowest BCUT2D eigenvalue weighted by molar-refractivity contribution is -0.139. The van der Waals surface area contributed by atoms with Crippen LogP contribution in [-0.2, 0) is 73.5 Å². The average Bonchev–Trinajstić information content (AvgIpc) is 2.05. The average molecular weight is 1260 g/mol. The number of primary amides is 2. The standard InChI is InChI=1S/C55H91N17O17/c1-29(2)25-38(69-53(88)39(26-32-13-6-5-7-14-32)70-49(84)34(16-9-11-23-57)66-50(85)36(64-31(4)74)18-20-43(76)77)52(87)68-33(15-8-10-22-56)48(83)67-35(17-12-24-62-55(60)61)47(82)63-30(3)46(81)65-37(19-21-44(78)79)51(86)71-40(27-42(58)75)54(89)72-41(28-73)45(59)80/h5-7,13-14,29-30,33-41,73H,8-12,15-28,56-57H2,1-4H3,(H2,58,75)(H2,59,80)(H,63,82)(H,64,74)(H,65,81)(H,66,85)(H,67,83)(H,68,87)(H,69,88)(H,70,84)(H,71,86)(H,72,89)(H,76,77)(H,78,79)(H4,60,61,62)/t30-,33-,34-,35-,36-,37-,38-,39-,40-,41-/m0/s1. The number of aliphatic carboxylic acids is 2. The molecule has 0 aliphatic heterocycles. The summed E-state index contributed by atoms with van der Waals surface area (Å²) in [5.74, 6) is -15.0. The third-order valence-electron chi connectivity index (χ3n) is 13.2. The summed E-state index contributed by atoms with van der Waals surface area (Å²) in [5.41, 5.74) is 33.5. The zero-order chi connectivity index (χ0) is 67.3. The molecule has 0 saturated heterocycles. The van der Waals surface area contributed by atoms with E-state index in [-0.39, 0.29) is 82.9 Å². The van der Waals surface area contributed by atoms with Crippen LogP contribution in [0.25, 0.3) is 0 Å². The Kier molecular flexibility index (Phi) is 36.7. The number of amides is 12. The third kappa shape index (κ3) is 32.5. The number of guanidine groups is 1. The highest BCUT2D eigenvalue weighted by molar-refractivity contribution is 5.99. The number of aliphatic imine (C=N–C) groups is 1. The second-order valence-electron chi connectivity index (χ2n) is 21.4. The molecule has 10 atom stereocenters. The van der Waals surface area contributed by atoms with E-state index in [2.05, 4.69) is 52.8 Å². The van der Waals surface area contributed by atoms with Crippen molar-refractivity contribution in [1.82, 2.24) is 53.2 Å². The highest BCUT2D eigenvalue weighted by atomic mass is 16.4. The Labute approximate surface area is 514 Å². The molecule has 34 heteroatoms. The maximum absolute atomic E-state index is 14.5. The minimum Gasteiger partial charge on any atom is -0.481 e. The Balaban J connectivity index is 3.65. The molecule has 0 spiro atoms. The van der Waals surface area contributed by atoms with Crippen LogP contribution in [0.3, 0.4) is 0 Å². The number of carbonyl (C=O) groups is 14. The van der Waals surface area contributed by atoms with Crippen molar-refractivity contribution in [2.45, 2.75) is 184 Å². The highest BCUT2D eigenvalue weighted by Crippen LogP contribution is 2.13. The van der Waals surface area contributed by atoms with E-state index < -0.39 is 176 Å². The van der Waals surface area contributed by atoms with Gasteiger partial charge < -0.3 is 103 Å². The summed E-state index contributed by atoms with van der Waals surface area (Å²) in [6, 6.07) is -6.64. The minimum absolute atomic E-state index is 0.0132. The van der Waals surface area contributed by atoms with E-state index >= 15 is 0 Å². The number of rotatable bonds is 45. The maximum atomic E-state index is 14.5. The predicted octanol–water partition coefficient (Wildman–Crippen LogP) is -6.44. The Bertz CT molecular complexity index is 2590. The molecule has 498 valence electrons. The van der Waals surface area contributed by atoms with E-state index in [1.165, 1.54) is 6.92 Å². The normalized spacial score (nSPS) is 14.3. The van der Waals surface area contributed by atoms with Gasteiger partial charge in [0.25, 0.3) is 0 Å². The van der Waals surface area contributed by atoms with Crippen molar-refractivity contribution in [1.29, 1.82) is 0 Å². The first-order chi connectivity index (χ1) is 41.9. The molecule has 89 heavy (non-hydrogen) atoms. The van der Waals surface area contributed by atoms with Gasteiger partial charge in [0.05, 0.1) is 13.0 Å². The van der Waals surface area contributed by atoms with Crippen LogP contribution in [-0.4, -0.2) is 191 Å². The smallest absolute Gasteiger partial charge is 0.303 e. The van der Waals surface area contributed by atoms with Crippen LogP contribution < -0.4 is 87.6 Å². The van der Waals surface area contributed by atoms with Crippen LogP contribution >= 0.6 is 0 Å². The Hall–Kier alpha value is -9.05. The van der Waals surface area contributed by atoms with Crippen LogP contribution in [0.5, 0.6) is 0 Å². The van der Waals surface area contributed by atoms with Gasteiger partial charge in [-0.2, -0.15) is 0 Å². The number of nitrogens with two attached hydrogens (primary N) is 6. The summed E-state index contributed by atoms with van der Waals surface area (Å²) >= 11 is 0. The van der Waals surface area contributed by atoms with E-state index in [1.807, 2.05) is 5.32 Å². The molecular weight excluding hydrogens is 1170 g/mol. The van der Waals surface area contributed by atoms with E-state index in [9.17, 15) is 82.4 Å². The van der Waals surface area contributed by atoms with E-state index in [1.54, 1.807) is 44.2 Å². The fraction of sp³-hybridized carbons (Fsp3) is 0.618. The molecule has 1 rings (SSSR count). The topological polar surface area (TPSA) is 588 Å². The molecule has 0 unspecified atom stereocenters. The van der Waals surface area contributed by atoms with E-state index in [4.69, 9.17) is 34.4 Å². The second-order valence-corrected chi connectivity index (χ2v) is 21.4. The Morgan fingerprint density at radius 2 is 0.843 bits per heavy atom. The van der Waals surface area contributed by atoms with Crippen molar-refractivity contribution in [3.05, 3.63) is 35.9 Å². The fourth-order valence-electron chi connectivity index (χ4n) is 8.58. The van der Waals surface area contributed by atoms with Crippen molar-refractivity contribution in [3.63, 3.8) is 0 Å². The number of nitrogens with one attached hydrogen (secondary N) is 10. The lowest BCUT2D eigenvalue weighted by atomic mass is 9.99. The maximum Gasteiger partial charge on any atom is 0.303 e. The number of nitrogens with zero attached hydrogens (tertiary/aromatic N) is 1. The molecule has 1 aromatic carbocycles. The number of carboxylic acids is 2. The van der Waals surface area contributed by atoms with Crippen molar-refractivity contribution >= 4 is 88.8 Å². The summed E-state index contributed by atoms with van der Waals surface area (Å²) in [5, 5.41) is 52.7. The zero-order valence-corrected chi connectivity index (χ0v) is 50.6. The van der Waals surface area contributed by atoms with Crippen LogP contribution in [0.4, 0.5) is 0 Å². The van der Waals surface area contributed by atoms with Gasteiger partial charge in [0, 0.05) is 32.7 Å². The molecule has 0 bridgehead atoms. The quantitative estimate of drug-likeness (QED) is 0.0164. The molecule has 0 saturated carbocycles. The van der Waals surface area contributed by atoms with Crippen LogP contribution in [0.2, 0.25) is 0 Å². The number of aliphatic hydroxyl groups is 1. The number of benzene rings is 1. The Morgan fingerprint density at radius 1 is 0.461 bits per heavy atom. The summed E-state index contributed by atoms with van der Waals surface area (Å²) < 4.78 is 0. The summed E-state index contributed by atoms with van der Waals surface area (Å²) in [6.07, 6.45) is -1.94. The molecule has 25 N–H and O–H groups in total. The van der Waals surface area contributed by atoms with Gasteiger partial charge >= 0.3 is 11.9 Å². The molecule has 1 aromatic rings. The van der Waals surface area contributed by atoms with Crippen molar-refractivity contribution in [2.24, 2.45) is 45.3 Å². The molecular formula is C55H91N17O17.